The van der Waals surface area contributed by atoms with Gasteiger partial charge in [0.15, 0.2) is 0 Å². The van der Waals surface area contributed by atoms with E-state index < -0.39 is 0 Å². The van der Waals surface area contributed by atoms with Crippen molar-refractivity contribution < 1.29 is 4.74 Å². The minimum Gasteiger partial charge on any atom is -0.494 e. The van der Waals surface area contributed by atoms with Crippen LogP contribution in [0.25, 0.3) is 0 Å². The van der Waals surface area contributed by atoms with Crippen LogP contribution < -0.4 is 10.1 Å². The minimum atomic E-state index is 0.775. The number of hydrogen-bond donors (Lipinski definition) is 1. The molecule has 0 unspecified atom stereocenters. The van der Waals surface area contributed by atoms with Gasteiger partial charge in [-0.3, -0.25) is 0 Å². The summed E-state index contributed by atoms with van der Waals surface area (Å²) >= 11 is 0. The predicted octanol–water partition coefficient (Wildman–Crippen LogP) is 4.88. The number of rotatable bonds is 7. The van der Waals surface area contributed by atoms with Crippen molar-refractivity contribution >= 4 is 5.69 Å². The van der Waals surface area contributed by atoms with Crippen LogP contribution in [0.4, 0.5) is 5.69 Å². The van der Waals surface area contributed by atoms with E-state index in [1.54, 1.807) is 0 Å². The molecule has 0 aliphatic carbocycles. The lowest BCUT2D eigenvalue weighted by molar-refractivity contribution is 0.308. The van der Waals surface area contributed by atoms with Gasteiger partial charge in [-0.15, -0.1) is 0 Å². The van der Waals surface area contributed by atoms with E-state index in [0.29, 0.717) is 0 Å². The van der Waals surface area contributed by atoms with Crippen LogP contribution in [0.15, 0.2) is 42.5 Å². The molecule has 0 fully saturated rings. The van der Waals surface area contributed by atoms with Crippen LogP contribution in [-0.2, 0) is 0 Å². The van der Waals surface area contributed by atoms with Crippen LogP contribution >= 0.6 is 0 Å². The molecular weight excluding hydrogens is 258 g/mol. The Morgan fingerprint density at radius 1 is 0.810 bits per heavy atom. The van der Waals surface area contributed by atoms with Crippen LogP contribution in [-0.4, -0.2) is 13.2 Å². The van der Waals surface area contributed by atoms with Crippen molar-refractivity contribution in [2.45, 2.75) is 33.6 Å². The van der Waals surface area contributed by atoms with Gasteiger partial charge >= 0.3 is 0 Å². The molecule has 0 heterocycles. The third-order valence-electron chi connectivity index (χ3n) is 3.41. The van der Waals surface area contributed by atoms with Crippen molar-refractivity contribution in [1.82, 2.24) is 0 Å². The van der Waals surface area contributed by atoms with Gasteiger partial charge in [-0.2, -0.15) is 0 Å². The van der Waals surface area contributed by atoms with Gasteiger partial charge in [-0.05, 0) is 69.0 Å². The first-order valence-electron chi connectivity index (χ1n) is 7.65. The maximum atomic E-state index is 5.72. The van der Waals surface area contributed by atoms with Gasteiger partial charge in [-0.1, -0.05) is 23.8 Å². The number of hydrogen-bond acceptors (Lipinski definition) is 2. The molecule has 112 valence electrons. The largest absolute Gasteiger partial charge is 0.494 e. The quantitative estimate of drug-likeness (QED) is 0.731. The number of benzene rings is 2. The fraction of sp³-hybridized carbons (Fsp3) is 0.368. The molecule has 1 N–H and O–H groups in total. The molecule has 0 atom stereocenters. The van der Waals surface area contributed by atoms with E-state index in [1.807, 2.05) is 12.1 Å². The Balaban J connectivity index is 1.62. The summed E-state index contributed by atoms with van der Waals surface area (Å²) in [6.07, 6.45) is 2.17. The lowest BCUT2D eigenvalue weighted by atomic mass is 10.1. The van der Waals surface area contributed by atoms with E-state index in [0.717, 1.165) is 31.7 Å². The third-order valence-corrected chi connectivity index (χ3v) is 3.41. The molecule has 2 rings (SSSR count). The molecule has 21 heavy (non-hydrogen) atoms. The number of nitrogens with one attached hydrogen (secondary N) is 1. The lowest BCUT2D eigenvalue weighted by Crippen LogP contribution is -2.05. The number of anilines is 1. The Kier molecular flexibility index (Phi) is 5.68. The first kappa shape index (κ1) is 15.4. The highest BCUT2D eigenvalue weighted by Gasteiger charge is 1.96. The van der Waals surface area contributed by atoms with E-state index in [4.69, 9.17) is 4.74 Å². The van der Waals surface area contributed by atoms with Crippen molar-refractivity contribution in [2.75, 3.05) is 18.5 Å². The van der Waals surface area contributed by atoms with Crippen LogP contribution in [0.5, 0.6) is 5.75 Å². The molecule has 0 aliphatic heterocycles. The Bertz CT molecular complexity index is 540. The zero-order chi connectivity index (χ0) is 15.1. The summed E-state index contributed by atoms with van der Waals surface area (Å²) in [6.45, 7) is 8.11. The maximum absolute atomic E-state index is 5.72. The molecule has 0 saturated heterocycles. The monoisotopic (exact) mass is 283 g/mol. The zero-order valence-electron chi connectivity index (χ0n) is 13.3. The highest BCUT2D eigenvalue weighted by molar-refractivity contribution is 5.48. The molecule has 0 radical (unpaired) electrons. The summed E-state index contributed by atoms with van der Waals surface area (Å²) in [6, 6.07) is 14.8. The van der Waals surface area contributed by atoms with Gasteiger partial charge < -0.3 is 10.1 Å². The predicted molar refractivity (Wildman–Crippen MR) is 90.3 cm³/mol. The molecule has 0 saturated carbocycles. The van der Waals surface area contributed by atoms with Gasteiger partial charge in [0.2, 0.25) is 0 Å². The van der Waals surface area contributed by atoms with Gasteiger partial charge in [-0.25, -0.2) is 0 Å². The highest BCUT2D eigenvalue weighted by atomic mass is 16.5. The molecule has 2 aromatic rings. The van der Waals surface area contributed by atoms with Crippen molar-refractivity contribution in [3.05, 3.63) is 59.2 Å². The normalized spacial score (nSPS) is 10.4. The number of ether oxygens (including phenoxy) is 1. The van der Waals surface area contributed by atoms with Crippen LogP contribution in [0.1, 0.15) is 29.5 Å². The maximum Gasteiger partial charge on any atom is 0.119 e. The molecule has 0 amide bonds. The van der Waals surface area contributed by atoms with Crippen LogP contribution in [0.2, 0.25) is 0 Å². The second-order valence-electron chi connectivity index (χ2n) is 5.67. The smallest absolute Gasteiger partial charge is 0.119 e. The average molecular weight is 283 g/mol. The first-order valence-corrected chi connectivity index (χ1v) is 7.65. The standard InChI is InChI=1S/C19H25NO/c1-15-6-8-19(9-7-15)21-11-5-4-10-20-18-13-16(2)12-17(3)14-18/h6-9,12-14,20H,4-5,10-11H2,1-3H3. The second kappa shape index (κ2) is 7.72. The highest BCUT2D eigenvalue weighted by Crippen LogP contribution is 2.14. The lowest BCUT2D eigenvalue weighted by Gasteiger charge is -2.09. The molecule has 2 heteroatoms. The summed E-state index contributed by atoms with van der Waals surface area (Å²) in [4.78, 5) is 0. The Hall–Kier alpha value is -1.96. The summed E-state index contributed by atoms with van der Waals surface area (Å²) in [5.41, 5.74) is 5.09. The average Bonchev–Trinajstić information content (AvgIpc) is 2.43. The van der Waals surface area contributed by atoms with Crippen molar-refractivity contribution in [3.8, 4) is 5.75 Å². The number of unbranched alkanes of at least 4 members (excludes halogenated alkanes) is 1. The van der Waals surface area contributed by atoms with Gasteiger partial charge in [0.1, 0.15) is 5.75 Å². The van der Waals surface area contributed by atoms with E-state index >= 15 is 0 Å². The van der Waals surface area contributed by atoms with Crippen LogP contribution in [0.3, 0.4) is 0 Å². The summed E-state index contributed by atoms with van der Waals surface area (Å²) in [5.74, 6) is 0.961. The fourth-order valence-corrected chi connectivity index (χ4v) is 2.36. The van der Waals surface area contributed by atoms with Crippen LogP contribution in [0, 0.1) is 20.8 Å². The Morgan fingerprint density at radius 2 is 1.48 bits per heavy atom. The third kappa shape index (κ3) is 5.50. The minimum absolute atomic E-state index is 0.775. The molecule has 2 aromatic carbocycles. The Labute approximate surface area is 128 Å². The fourth-order valence-electron chi connectivity index (χ4n) is 2.36. The first-order chi connectivity index (χ1) is 10.1. The molecular formula is C19H25NO. The molecule has 0 spiro atoms. The van der Waals surface area contributed by atoms with Crippen molar-refractivity contribution in [2.24, 2.45) is 0 Å². The van der Waals surface area contributed by atoms with Gasteiger partial charge in [0.05, 0.1) is 6.61 Å². The second-order valence-corrected chi connectivity index (χ2v) is 5.67. The molecule has 0 bridgehead atoms. The molecule has 2 nitrogen and oxygen atoms in total. The molecule has 0 aliphatic rings. The summed E-state index contributed by atoms with van der Waals surface area (Å²) in [7, 11) is 0. The molecule has 0 aromatic heterocycles. The van der Waals surface area contributed by atoms with E-state index in [2.05, 4.69) is 56.4 Å². The van der Waals surface area contributed by atoms with Gasteiger partial charge in [0, 0.05) is 12.2 Å². The SMILES string of the molecule is Cc1ccc(OCCCCNc2cc(C)cc(C)c2)cc1. The van der Waals surface area contributed by atoms with E-state index in [9.17, 15) is 0 Å². The van der Waals surface area contributed by atoms with Crippen molar-refractivity contribution in [3.63, 3.8) is 0 Å². The van der Waals surface area contributed by atoms with E-state index in [-0.39, 0.29) is 0 Å². The van der Waals surface area contributed by atoms with Gasteiger partial charge in [0.25, 0.3) is 0 Å². The Morgan fingerprint density at radius 3 is 2.14 bits per heavy atom. The summed E-state index contributed by atoms with van der Waals surface area (Å²) in [5, 5.41) is 3.48. The van der Waals surface area contributed by atoms with Crippen molar-refractivity contribution in [1.29, 1.82) is 0 Å². The zero-order valence-corrected chi connectivity index (χ0v) is 13.3. The summed E-state index contributed by atoms with van der Waals surface area (Å²) < 4.78 is 5.72. The number of aryl methyl sites for hydroxylation is 3. The van der Waals surface area contributed by atoms with E-state index in [1.165, 1.54) is 22.4 Å². The topological polar surface area (TPSA) is 21.3 Å².